The van der Waals surface area contributed by atoms with Crippen LogP contribution in [0.1, 0.15) is 32.6 Å². The van der Waals surface area contributed by atoms with E-state index in [4.69, 9.17) is 4.74 Å². The maximum absolute atomic E-state index is 12.4. The summed E-state index contributed by atoms with van der Waals surface area (Å²) in [6, 6.07) is -0.586. The minimum absolute atomic E-state index is 0.260. The molecule has 2 rings (SSSR count). The quantitative estimate of drug-likeness (QED) is 0.409. The molecule has 0 aromatic rings. The zero-order valence-electron chi connectivity index (χ0n) is 13.1. The normalized spacial score (nSPS) is 20.3. The summed E-state index contributed by atoms with van der Waals surface area (Å²) < 4.78 is 4.96. The van der Waals surface area contributed by atoms with Gasteiger partial charge < -0.3 is 15.4 Å². The maximum Gasteiger partial charge on any atom is 0.327 e. The van der Waals surface area contributed by atoms with Crippen LogP contribution in [0, 0.1) is 0 Å². The number of amides is 4. The average molecular weight is 323 g/mol. The Labute approximate surface area is 134 Å². The molecular formula is C15H21N3O5. The zero-order chi connectivity index (χ0) is 17.0. The molecule has 0 unspecified atom stereocenters. The van der Waals surface area contributed by atoms with Gasteiger partial charge in [-0.05, 0) is 19.8 Å². The topological polar surface area (TPSA) is 105 Å². The SMILES string of the molecule is C=CCNC(=O)[C@@H](C)OC(=O)CN1C(=O)NC2(CCCC2)C1=O. The van der Waals surface area contributed by atoms with Gasteiger partial charge in [-0.25, -0.2) is 4.79 Å². The molecule has 0 radical (unpaired) electrons. The van der Waals surface area contributed by atoms with Crippen molar-refractivity contribution in [2.24, 2.45) is 0 Å². The molecule has 2 fully saturated rings. The van der Waals surface area contributed by atoms with Crippen LogP contribution >= 0.6 is 0 Å². The Morgan fingerprint density at radius 3 is 2.70 bits per heavy atom. The van der Waals surface area contributed by atoms with E-state index in [9.17, 15) is 19.2 Å². The van der Waals surface area contributed by atoms with E-state index in [1.807, 2.05) is 0 Å². The summed E-state index contributed by atoms with van der Waals surface area (Å²) in [6.45, 7) is 4.64. The van der Waals surface area contributed by atoms with Gasteiger partial charge in [-0.3, -0.25) is 19.3 Å². The van der Waals surface area contributed by atoms with Crippen molar-refractivity contribution in [2.45, 2.75) is 44.2 Å². The molecule has 1 saturated heterocycles. The number of rotatable bonds is 6. The van der Waals surface area contributed by atoms with Gasteiger partial charge in [0, 0.05) is 6.54 Å². The van der Waals surface area contributed by atoms with Crippen molar-refractivity contribution in [1.82, 2.24) is 15.5 Å². The zero-order valence-corrected chi connectivity index (χ0v) is 13.1. The fourth-order valence-electron chi connectivity index (χ4n) is 2.87. The lowest BCUT2D eigenvalue weighted by Crippen LogP contribution is -2.45. The number of urea groups is 1. The molecule has 1 aliphatic heterocycles. The molecule has 1 heterocycles. The van der Waals surface area contributed by atoms with E-state index < -0.39 is 36.1 Å². The van der Waals surface area contributed by atoms with Crippen LogP contribution in [0.2, 0.25) is 0 Å². The van der Waals surface area contributed by atoms with Gasteiger partial charge in [0.15, 0.2) is 6.10 Å². The molecule has 2 aliphatic rings. The van der Waals surface area contributed by atoms with Crippen molar-refractivity contribution in [1.29, 1.82) is 0 Å². The largest absolute Gasteiger partial charge is 0.451 e. The summed E-state index contributed by atoms with van der Waals surface area (Å²) in [5, 5.41) is 5.17. The lowest BCUT2D eigenvalue weighted by atomic mass is 9.98. The van der Waals surface area contributed by atoms with Crippen molar-refractivity contribution < 1.29 is 23.9 Å². The number of ether oxygens (including phenoxy) is 1. The first-order valence-corrected chi connectivity index (χ1v) is 7.62. The van der Waals surface area contributed by atoms with Gasteiger partial charge in [0.2, 0.25) is 0 Å². The summed E-state index contributed by atoms with van der Waals surface area (Å²) in [6.07, 6.45) is 3.40. The molecule has 2 N–H and O–H groups in total. The minimum Gasteiger partial charge on any atom is -0.451 e. The monoisotopic (exact) mass is 323 g/mol. The maximum atomic E-state index is 12.4. The molecule has 0 bridgehead atoms. The van der Waals surface area contributed by atoms with Gasteiger partial charge in [0.05, 0.1) is 0 Å². The van der Waals surface area contributed by atoms with Crippen LogP contribution in [-0.2, 0) is 19.1 Å². The first-order chi connectivity index (χ1) is 10.9. The molecule has 1 spiro atoms. The van der Waals surface area contributed by atoms with E-state index in [0.29, 0.717) is 12.8 Å². The molecule has 23 heavy (non-hydrogen) atoms. The fraction of sp³-hybridized carbons (Fsp3) is 0.600. The molecular weight excluding hydrogens is 302 g/mol. The van der Waals surface area contributed by atoms with Crippen LogP contribution in [0.15, 0.2) is 12.7 Å². The Balaban J connectivity index is 1.90. The molecule has 0 aromatic heterocycles. The predicted octanol–water partition coefficient (Wildman–Crippen LogP) is 0.0849. The van der Waals surface area contributed by atoms with Gasteiger partial charge in [-0.2, -0.15) is 0 Å². The van der Waals surface area contributed by atoms with E-state index in [0.717, 1.165) is 17.7 Å². The van der Waals surface area contributed by atoms with E-state index in [1.54, 1.807) is 0 Å². The highest BCUT2D eigenvalue weighted by Crippen LogP contribution is 2.34. The Bertz CT molecular complexity index is 539. The van der Waals surface area contributed by atoms with Gasteiger partial charge in [0.1, 0.15) is 12.1 Å². The standard InChI is InChI=1S/C15H21N3O5/c1-3-8-16-12(20)10(2)23-11(19)9-18-13(21)15(17-14(18)22)6-4-5-7-15/h3,10H,1,4-9H2,2H3,(H,16,20)(H,17,22)/t10-/m1/s1. The predicted molar refractivity (Wildman–Crippen MR) is 80.2 cm³/mol. The minimum atomic E-state index is -1.01. The van der Waals surface area contributed by atoms with Crippen molar-refractivity contribution in [3.8, 4) is 0 Å². The molecule has 8 heteroatoms. The van der Waals surface area contributed by atoms with Crippen LogP contribution in [0.3, 0.4) is 0 Å². The Hall–Kier alpha value is -2.38. The number of hydrogen-bond acceptors (Lipinski definition) is 5. The van der Waals surface area contributed by atoms with Crippen molar-refractivity contribution in [3.63, 3.8) is 0 Å². The lowest BCUT2D eigenvalue weighted by Gasteiger charge is -2.20. The van der Waals surface area contributed by atoms with Gasteiger partial charge in [-0.1, -0.05) is 18.9 Å². The first-order valence-electron chi connectivity index (χ1n) is 7.62. The van der Waals surface area contributed by atoms with Crippen molar-refractivity contribution >= 4 is 23.8 Å². The van der Waals surface area contributed by atoms with Crippen LogP contribution in [0.4, 0.5) is 4.79 Å². The second-order valence-corrected chi connectivity index (χ2v) is 5.78. The number of nitrogens with zero attached hydrogens (tertiary/aromatic N) is 1. The van der Waals surface area contributed by atoms with Crippen LogP contribution in [0.5, 0.6) is 0 Å². The fourth-order valence-corrected chi connectivity index (χ4v) is 2.87. The summed E-state index contributed by atoms with van der Waals surface area (Å²) in [4.78, 5) is 48.7. The van der Waals surface area contributed by atoms with E-state index in [-0.39, 0.29) is 12.5 Å². The second-order valence-electron chi connectivity index (χ2n) is 5.78. The number of esters is 1. The van der Waals surface area contributed by atoms with E-state index >= 15 is 0 Å². The Morgan fingerprint density at radius 2 is 2.09 bits per heavy atom. The highest BCUT2D eigenvalue weighted by molar-refractivity contribution is 6.08. The Morgan fingerprint density at radius 1 is 1.43 bits per heavy atom. The first kappa shape index (κ1) is 17.0. The molecule has 1 atom stereocenters. The molecule has 4 amide bonds. The third kappa shape index (κ3) is 3.52. The van der Waals surface area contributed by atoms with E-state index in [2.05, 4.69) is 17.2 Å². The van der Waals surface area contributed by atoms with Crippen LogP contribution < -0.4 is 10.6 Å². The summed E-state index contributed by atoms with van der Waals surface area (Å²) >= 11 is 0. The number of carbonyl (C=O) groups excluding carboxylic acids is 4. The lowest BCUT2D eigenvalue weighted by molar-refractivity contribution is -0.156. The Kier molecular flexibility index (Phi) is 5.02. The van der Waals surface area contributed by atoms with Gasteiger partial charge in [0.25, 0.3) is 11.8 Å². The van der Waals surface area contributed by atoms with Gasteiger partial charge in [-0.15, -0.1) is 6.58 Å². The highest BCUT2D eigenvalue weighted by atomic mass is 16.5. The highest BCUT2D eigenvalue weighted by Gasteiger charge is 2.52. The second kappa shape index (κ2) is 6.80. The number of carbonyl (C=O) groups is 4. The smallest absolute Gasteiger partial charge is 0.327 e. The van der Waals surface area contributed by atoms with Crippen LogP contribution in [-0.4, -0.2) is 53.4 Å². The summed E-state index contributed by atoms with van der Waals surface area (Å²) in [5.74, 6) is -1.66. The van der Waals surface area contributed by atoms with E-state index in [1.165, 1.54) is 13.0 Å². The molecule has 0 aromatic carbocycles. The van der Waals surface area contributed by atoms with Crippen molar-refractivity contribution in [2.75, 3.05) is 13.1 Å². The number of nitrogens with one attached hydrogen (secondary N) is 2. The third-order valence-corrected chi connectivity index (χ3v) is 4.09. The molecule has 1 saturated carbocycles. The molecule has 1 aliphatic carbocycles. The molecule has 126 valence electrons. The van der Waals surface area contributed by atoms with Gasteiger partial charge >= 0.3 is 12.0 Å². The molecule has 8 nitrogen and oxygen atoms in total. The van der Waals surface area contributed by atoms with Crippen LogP contribution in [0.25, 0.3) is 0 Å². The number of imide groups is 1. The summed E-state index contributed by atoms with van der Waals surface area (Å²) in [7, 11) is 0. The average Bonchev–Trinajstić information content (AvgIpc) is 3.06. The third-order valence-electron chi connectivity index (χ3n) is 4.09. The summed E-state index contributed by atoms with van der Waals surface area (Å²) in [5.41, 5.74) is -0.857. The van der Waals surface area contributed by atoms with Crippen molar-refractivity contribution in [3.05, 3.63) is 12.7 Å². The number of hydrogen-bond donors (Lipinski definition) is 2.